The maximum Gasteiger partial charge on any atom is 0.335 e. The Hall–Kier alpha value is -2.05. The van der Waals surface area contributed by atoms with Gasteiger partial charge in [-0.3, -0.25) is 4.72 Å². The maximum absolute atomic E-state index is 12.5. The molecule has 5 nitrogen and oxygen atoms in total. The van der Waals surface area contributed by atoms with E-state index in [9.17, 15) is 13.2 Å². The highest BCUT2D eigenvalue weighted by Gasteiger charge is 2.20. The van der Waals surface area contributed by atoms with Crippen molar-refractivity contribution in [3.63, 3.8) is 0 Å². The van der Waals surface area contributed by atoms with Gasteiger partial charge in [-0.05, 0) is 42.3 Å². The van der Waals surface area contributed by atoms with Crippen LogP contribution in [-0.2, 0) is 16.4 Å². The van der Waals surface area contributed by atoms with Crippen molar-refractivity contribution in [2.45, 2.75) is 18.2 Å². The van der Waals surface area contributed by atoms with E-state index in [2.05, 4.69) is 4.72 Å². The Morgan fingerprint density at radius 1 is 1.23 bits per heavy atom. The second-order valence-electron chi connectivity index (χ2n) is 4.60. The molecule has 0 saturated carbocycles. The highest BCUT2D eigenvalue weighted by Crippen LogP contribution is 2.23. The Balaban J connectivity index is 2.48. The number of carbonyl (C=O) groups is 1. The average Bonchev–Trinajstić information content (AvgIpc) is 2.46. The summed E-state index contributed by atoms with van der Waals surface area (Å²) in [5.41, 5.74) is 0.776. The summed E-state index contributed by atoms with van der Waals surface area (Å²) in [6, 6.07) is 10.3. The Labute approximate surface area is 133 Å². The van der Waals surface area contributed by atoms with Crippen LogP contribution in [0.25, 0.3) is 0 Å². The van der Waals surface area contributed by atoms with Gasteiger partial charge in [0.15, 0.2) is 0 Å². The van der Waals surface area contributed by atoms with Crippen LogP contribution in [0, 0.1) is 0 Å². The predicted molar refractivity (Wildman–Crippen MR) is 85.0 cm³/mol. The first-order chi connectivity index (χ1) is 10.3. The van der Waals surface area contributed by atoms with E-state index in [1.807, 2.05) is 0 Å². The van der Waals surface area contributed by atoms with E-state index >= 15 is 0 Å². The number of carboxylic acid groups (broad SMARTS) is 1. The first-order valence-electron chi connectivity index (χ1n) is 6.48. The summed E-state index contributed by atoms with van der Waals surface area (Å²) in [5.74, 6) is -1.18. The molecule has 0 heterocycles. The Morgan fingerprint density at radius 3 is 2.55 bits per heavy atom. The lowest BCUT2D eigenvalue weighted by molar-refractivity contribution is 0.0696. The molecule has 0 radical (unpaired) electrons. The van der Waals surface area contributed by atoms with Crippen LogP contribution in [-0.4, -0.2) is 19.5 Å². The Morgan fingerprint density at radius 2 is 1.95 bits per heavy atom. The van der Waals surface area contributed by atoms with Crippen LogP contribution in [0.4, 0.5) is 5.69 Å². The number of hydrogen-bond donors (Lipinski definition) is 2. The molecule has 22 heavy (non-hydrogen) atoms. The lowest BCUT2D eigenvalue weighted by Crippen LogP contribution is -2.16. The highest BCUT2D eigenvalue weighted by atomic mass is 35.5. The number of hydrogen-bond acceptors (Lipinski definition) is 3. The molecule has 0 aliphatic carbocycles. The minimum Gasteiger partial charge on any atom is -0.478 e. The summed E-state index contributed by atoms with van der Waals surface area (Å²) < 4.78 is 27.5. The van der Waals surface area contributed by atoms with E-state index in [1.54, 1.807) is 25.1 Å². The van der Waals surface area contributed by atoms with E-state index in [0.717, 1.165) is 6.07 Å². The standard InChI is InChI=1S/C15H14ClNO4S/c1-2-10-6-7-11(15(18)19)8-14(10)22(20,21)17-13-5-3-4-12(16)9-13/h3-9,17H,2H2,1H3,(H,18,19). The zero-order valence-corrected chi connectivity index (χ0v) is 13.3. The molecule has 0 spiro atoms. The van der Waals surface area contributed by atoms with E-state index < -0.39 is 16.0 Å². The molecule has 2 rings (SSSR count). The zero-order valence-electron chi connectivity index (χ0n) is 11.7. The van der Waals surface area contributed by atoms with Crippen molar-refractivity contribution >= 4 is 33.3 Å². The molecule has 2 aromatic carbocycles. The Bertz CT molecular complexity index is 818. The molecule has 0 aromatic heterocycles. The second-order valence-corrected chi connectivity index (χ2v) is 6.68. The van der Waals surface area contributed by atoms with Gasteiger partial charge in [-0.25, -0.2) is 13.2 Å². The molecule has 0 amide bonds. The van der Waals surface area contributed by atoms with Gasteiger partial charge in [0.05, 0.1) is 16.1 Å². The van der Waals surface area contributed by atoms with Crippen LogP contribution in [0.3, 0.4) is 0 Å². The van der Waals surface area contributed by atoms with Crippen molar-refractivity contribution in [1.29, 1.82) is 0 Å². The molecule has 0 fully saturated rings. The molecule has 0 aliphatic heterocycles. The largest absolute Gasteiger partial charge is 0.478 e. The van der Waals surface area contributed by atoms with Crippen LogP contribution < -0.4 is 4.72 Å². The van der Waals surface area contributed by atoms with Crippen LogP contribution in [0.5, 0.6) is 0 Å². The van der Waals surface area contributed by atoms with Gasteiger partial charge < -0.3 is 5.11 Å². The normalized spacial score (nSPS) is 11.2. The van der Waals surface area contributed by atoms with Gasteiger partial charge in [-0.15, -0.1) is 0 Å². The molecule has 0 atom stereocenters. The topological polar surface area (TPSA) is 83.5 Å². The predicted octanol–water partition coefficient (Wildman–Crippen LogP) is 3.40. The number of aryl methyl sites for hydroxylation is 1. The highest BCUT2D eigenvalue weighted by molar-refractivity contribution is 7.92. The lowest BCUT2D eigenvalue weighted by Gasteiger charge is -2.12. The number of nitrogens with one attached hydrogen (secondary N) is 1. The van der Waals surface area contributed by atoms with Gasteiger partial charge in [0.25, 0.3) is 10.0 Å². The van der Waals surface area contributed by atoms with Gasteiger partial charge in [-0.1, -0.05) is 30.7 Å². The number of anilines is 1. The van der Waals surface area contributed by atoms with Crippen LogP contribution in [0.1, 0.15) is 22.8 Å². The van der Waals surface area contributed by atoms with Crippen molar-refractivity contribution in [3.8, 4) is 0 Å². The first-order valence-corrected chi connectivity index (χ1v) is 8.34. The quantitative estimate of drug-likeness (QED) is 0.874. The van der Waals surface area contributed by atoms with Crippen molar-refractivity contribution < 1.29 is 18.3 Å². The molecule has 0 saturated heterocycles. The third-order valence-corrected chi connectivity index (χ3v) is 4.76. The fraction of sp³-hybridized carbons (Fsp3) is 0.133. The van der Waals surface area contributed by atoms with Gasteiger partial charge in [0, 0.05) is 5.02 Å². The molecule has 2 N–H and O–H groups in total. The summed E-state index contributed by atoms with van der Waals surface area (Å²) in [4.78, 5) is 11.0. The van der Waals surface area contributed by atoms with Gasteiger partial charge in [0.1, 0.15) is 0 Å². The Kier molecular flexibility index (Phi) is 4.73. The summed E-state index contributed by atoms with van der Waals surface area (Å²) in [7, 11) is -3.90. The molecular formula is C15H14ClNO4S. The number of sulfonamides is 1. The number of benzene rings is 2. The third-order valence-electron chi connectivity index (χ3n) is 3.06. The fourth-order valence-electron chi connectivity index (χ4n) is 1.99. The summed E-state index contributed by atoms with van der Waals surface area (Å²) in [6.07, 6.45) is 0.464. The molecule has 2 aromatic rings. The molecular weight excluding hydrogens is 326 g/mol. The molecule has 0 aliphatic rings. The zero-order chi connectivity index (χ0) is 16.3. The summed E-state index contributed by atoms with van der Waals surface area (Å²) >= 11 is 5.83. The van der Waals surface area contributed by atoms with Gasteiger partial charge in [-0.2, -0.15) is 0 Å². The number of halogens is 1. The minimum atomic E-state index is -3.90. The molecule has 116 valence electrons. The van der Waals surface area contributed by atoms with Crippen LogP contribution in [0.2, 0.25) is 5.02 Å². The molecule has 0 unspecified atom stereocenters. The minimum absolute atomic E-state index is 0.0464. The van der Waals surface area contributed by atoms with Crippen molar-refractivity contribution in [2.75, 3.05) is 4.72 Å². The lowest BCUT2D eigenvalue weighted by atomic mass is 10.1. The van der Waals surface area contributed by atoms with Crippen molar-refractivity contribution in [1.82, 2.24) is 0 Å². The van der Waals surface area contributed by atoms with Crippen LogP contribution in [0.15, 0.2) is 47.4 Å². The third kappa shape index (κ3) is 3.58. The van der Waals surface area contributed by atoms with E-state index in [1.165, 1.54) is 18.2 Å². The first kappa shape index (κ1) is 16.3. The van der Waals surface area contributed by atoms with Crippen molar-refractivity contribution in [2.24, 2.45) is 0 Å². The van der Waals surface area contributed by atoms with Crippen molar-refractivity contribution in [3.05, 3.63) is 58.6 Å². The monoisotopic (exact) mass is 339 g/mol. The summed E-state index contributed by atoms with van der Waals surface area (Å²) in [5, 5.41) is 9.43. The van der Waals surface area contributed by atoms with Gasteiger partial charge >= 0.3 is 5.97 Å². The molecule has 0 bridgehead atoms. The number of aromatic carboxylic acids is 1. The summed E-state index contributed by atoms with van der Waals surface area (Å²) in [6.45, 7) is 1.80. The second kappa shape index (κ2) is 6.37. The van der Waals surface area contributed by atoms with Gasteiger partial charge in [0.2, 0.25) is 0 Å². The number of carboxylic acids is 1. The molecule has 7 heteroatoms. The number of rotatable bonds is 5. The van der Waals surface area contributed by atoms with E-state index in [4.69, 9.17) is 16.7 Å². The SMILES string of the molecule is CCc1ccc(C(=O)O)cc1S(=O)(=O)Nc1cccc(Cl)c1. The smallest absolute Gasteiger partial charge is 0.335 e. The van der Waals surface area contributed by atoms with Crippen LogP contribution >= 0.6 is 11.6 Å². The van der Waals surface area contributed by atoms with E-state index in [-0.39, 0.29) is 10.5 Å². The average molecular weight is 340 g/mol. The van der Waals surface area contributed by atoms with E-state index in [0.29, 0.717) is 22.7 Å². The maximum atomic E-state index is 12.5. The fourth-order valence-corrected chi connectivity index (χ4v) is 3.57.